The fourth-order valence-electron chi connectivity index (χ4n) is 3.02. The van der Waals surface area contributed by atoms with Gasteiger partial charge in [0.25, 0.3) is 5.91 Å². The van der Waals surface area contributed by atoms with Gasteiger partial charge in [-0.3, -0.25) is 4.79 Å². The predicted octanol–water partition coefficient (Wildman–Crippen LogP) is 2.14. The third kappa shape index (κ3) is 3.29. The molecule has 1 aliphatic carbocycles. The Hall–Kier alpha value is -2.14. The zero-order chi connectivity index (χ0) is 16.4. The molecule has 0 saturated heterocycles. The Morgan fingerprint density at radius 2 is 2.09 bits per heavy atom. The van der Waals surface area contributed by atoms with Gasteiger partial charge in [-0.05, 0) is 51.7 Å². The summed E-state index contributed by atoms with van der Waals surface area (Å²) < 4.78 is 1.93. The second kappa shape index (κ2) is 6.54. The van der Waals surface area contributed by atoms with Gasteiger partial charge in [0.2, 0.25) is 0 Å². The Labute approximate surface area is 136 Å². The Morgan fingerprint density at radius 1 is 1.35 bits per heavy atom. The highest BCUT2D eigenvalue weighted by molar-refractivity contribution is 5.94. The van der Waals surface area contributed by atoms with E-state index in [0.29, 0.717) is 12.2 Å². The largest absolute Gasteiger partial charge is 0.351 e. The second-order valence-corrected chi connectivity index (χ2v) is 6.40. The molecule has 5 nitrogen and oxygen atoms in total. The van der Waals surface area contributed by atoms with Crippen LogP contribution >= 0.6 is 0 Å². The van der Waals surface area contributed by atoms with Gasteiger partial charge in [0.05, 0.1) is 5.69 Å². The minimum absolute atomic E-state index is 0.0883. The summed E-state index contributed by atoms with van der Waals surface area (Å²) >= 11 is 0. The van der Waals surface area contributed by atoms with Gasteiger partial charge in [-0.25, -0.2) is 4.68 Å². The number of aryl methyl sites for hydroxylation is 1. The van der Waals surface area contributed by atoms with Crippen molar-refractivity contribution in [1.82, 2.24) is 15.1 Å². The van der Waals surface area contributed by atoms with Crippen LogP contribution in [0.25, 0.3) is 5.69 Å². The topological polar surface area (TPSA) is 72.9 Å². The Kier molecular flexibility index (Phi) is 4.48. The summed E-state index contributed by atoms with van der Waals surface area (Å²) in [5.41, 5.74) is 10.8. The molecule has 0 saturated carbocycles. The van der Waals surface area contributed by atoms with Gasteiger partial charge >= 0.3 is 0 Å². The predicted molar refractivity (Wildman–Crippen MR) is 90.9 cm³/mol. The number of carbonyl (C=O) groups is 1. The van der Waals surface area contributed by atoms with Crippen LogP contribution in [-0.4, -0.2) is 28.3 Å². The fraction of sp³-hybridized carbons (Fsp3) is 0.444. The van der Waals surface area contributed by atoms with E-state index < -0.39 is 0 Å². The van der Waals surface area contributed by atoms with Crippen LogP contribution in [0.3, 0.4) is 0 Å². The molecule has 1 heterocycles. The maximum Gasteiger partial charge on any atom is 0.272 e. The molecule has 122 valence electrons. The molecule has 0 spiro atoms. The lowest BCUT2D eigenvalue weighted by Gasteiger charge is -2.07. The number of aromatic nitrogens is 2. The summed E-state index contributed by atoms with van der Waals surface area (Å²) in [6, 6.07) is 8.34. The van der Waals surface area contributed by atoms with E-state index in [1.165, 1.54) is 11.3 Å². The van der Waals surface area contributed by atoms with E-state index in [-0.39, 0.29) is 11.9 Å². The van der Waals surface area contributed by atoms with Crippen molar-refractivity contribution >= 4 is 5.91 Å². The van der Waals surface area contributed by atoms with Gasteiger partial charge in [-0.15, -0.1) is 0 Å². The van der Waals surface area contributed by atoms with Crippen molar-refractivity contribution in [3.63, 3.8) is 0 Å². The molecule has 1 aliphatic rings. The van der Waals surface area contributed by atoms with Crippen molar-refractivity contribution in [3.05, 3.63) is 46.8 Å². The lowest BCUT2D eigenvalue weighted by atomic mass is 10.2. The van der Waals surface area contributed by atoms with Crippen molar-refractivity contribution in [2.24, 2.45) is 5.73 Å². The molecule has 0 bridgehead atoms. The number of hydrogen-bond donors (Lipinski definition) is 2. The van der Waals surface area contributed by atoms with Crippen molar-refractivity contribution in [1.29, 1.82) is 0 Å². The van der Waals surface area contributed by atoms with E-state index in [2.05, 4.69) is 41.6 Å². The van der Waals surface area contributed by atoms with Crippen LogP contribution in [0.4, 0.5) is 0 Å². The average Bonchev–Trinajstić information content (AvgIpc) is 3.09. The molecule has 3 N–H and O–H groups in total. The van der Waals surface area contributed by atoms with Crippen molar-refractivity contribution in [2.75, 3.05) is 6.54 Å². The highest BCUT2D eigenvalue weighted by Crippen LogP contribution is 2.27. The number of hydrogen-bond acceptors (Lipinski definition) is 3. The number of benzene rings is 1. The molecule has 0 radical (unpaired) electrons. The molecule has 1 amide bonds. The average molecular weight is 312 g/mol. The molecule has 1 atom stereocenters. The fourth-order valence-corrected chi connectivity index (χ4v) is 3.02. The summed E-state index contributed by atoms with van der Waals surface area (Å²) in [5.74, 6) is -0.0883. The zero-order valence-electron chi connectivity index (χ0n) is 13.8. The molecule has 5 heteroatoms. The highest BCUT2D eigenvalue weighted by Gasteiger charge is 2.26. The molecule has 1 aromatic heterocycles. The van der Waals surface area contributed by atoms with Crippen LogP contribution < -0.4 is 11.1 Å². The minimum Gasteiger partial charge on any atom is -0.351 e. The van der Waals surface area contributed by atoms with E-state index >= 15 is 0 Å². The monoisotopic (exact) mass is 312 g/mol. The van der Waals surface area contributed by atoms with E-state index in [9.17, 15) is 4.79 Å². The maximum absolute atomic E-state index is 12.5. The first-order valence-corrected chi connectivity index (χ1v) is 8.28. The van der Waals surface area contributed by atoms with Gasteiger partial charge in [0.1, 0.15) is 0 Å². The Balaban J connectivity index is 1.86. The molecule has 2 aromatic rings. The number of nitrogens with two attached hydrogens (primary N) is 1. The minimum atomic E-state index is -0.0883. The van der Waals surface area contributed by atoms with E-state index in [4.69, 9.17) is 5.73 Å². The van der Waals surface area contributed by atoms with Crippen molar-refractivity contribution in [3.8, 4) is 5.69 Å². The third-order valence-electron chi connectivity index (χ3n) is 4.31. The van der Waals surface area contributed by atoms with Crippen LogP contribution in [0.15, 0.2) is 24.3 Å². The number of carbonyl (C=O) groups excluding carboxylic acids is 1. The maximum atomic E-state index is 12.5. The van der Waals surface area contributed by atoms with E-state index in [0.717, 1.165) is 36.9 Å². The van der Waals surface area contributed by atoms with Crippen molar-refractivity contribution < 1.29 is 4.79 Å². The molecule has 0 aliphatic heterocycles. The van der Waals surface area contributed by atoms with Gasteiger partial charge < -0.3 is 11.1 Å². The lowest BCUT2D eigenvalue weighted by molar-refractivity contribution is 0.0946. The summed E-state index contributed by atoms with van der Waals surface area (Å²) in [7, 11) is 0. The summed E-state index contributed by atoms with van der Waals surface area (Å²) in [5, 5.41) is 7.54. The number of amides is 1. The number of rotatable bonds is 5. The summed E-state index contributed by atoms with van der Waals surface area (Å²) in [6.45, 7) is 4.59. The van der Waals surface area contributed by atoms with Gasteiger partial charge in [0, 0.05) is 23.8 Å². The van der Waals surface area contributed by atoms with Gasteiger partial charge in [-0.2, -0.15) is 5.10 Å². The normalized spacial score (nSPS) is 14.6. The first kappa shape index (κ1) is 15.7. The van der Waals surface area contributed by atoms with Crippen LogP contribution in [0.5, 0.6) is 0 Å². The van der Waals surface area contributed by atoms with Gasteiger partial charge in [-0.1, -0.05) is 17.7 Å². The van der Waals surface area contributed by atoms with Crippen LogP contribution in [-0.2, 0) is 12.8 Å². The van der Waals surface area contributed by atoms with Crippen LogP contribution in [0.1, 0.15) is 47.1 Å². The first-order chi connectivity index (χ1) is 11.1. The lowest BCUT2D eigenvalue weighted by Crippen LogP contribution is -2.29. The molecule has 1 unspecified atom stereocenters. The van der Waals surface area contributed by atoms with Crippen LogP contribution in [0.2, 0.25) is 0 Å². The molecule has 3 rings (SSSR count). The quantitative estimate of drug-likeness (QED) is 0.888. The Morgan fingerprint density at radius 3 is 2.78 bits per heavy atom. The Bertz CT molecular complexity index is 701. The standard InChI is InChI=1S/C18H24N4O/c1-12-6-8-14(9-7-12)22-16-5-3-4-15(16)17(21-22)18(23)20-11-10-13(2)19/h6-9,13H,3-5,10-11,19H2,1-2H3,(H,20,23). The van der Waals surface area contributed by atoms with E-state index in [1.54, 1.807) is 0 Å². The highest BCUT2D eigenvalue weighted by atomic mass is 16.1. The van der Waals surface area contributed by atoms with Crippen molar-refractivity contribution in [2.45, 2.75) is 45.6 Å². The number of nitrogens with one attached hydrogen (secondary N) is 1. The molecule has 0 fully saturated rings. The molecular formula is C18H24N4O. The van der Waals surface area contributed by atoms with Crippen LogP contribution in [0, 0.1) is 6.92 Å². The second-order valence-electron chi connectivity index (χ2n) is 6.40. The summed E-state index contributed by atoms with van der Waals surface area (Å²) in [4.78, 5) is 12.5. The molecule has 1 aromatic carbocycles. The smallest absolute Gasteiger partial charge is 0.272 e. The van der Waals surface area contributed by atoms with E-state index in [1.807, 2.05) is 11.6 Å². The molecular weight excluding hydrogens is 288 g/mol. The van der Waals surface area contributed by atoms with Gasteiger partial charge in [0.15, 0.2) is 5.69 Å². The number of nitrogens with zero attached hydrogens (tertiary/aromatic N) is 2. The summed E-state index contributed by atoms with van der Waals surface area (Å²) in [6.07, 6.45) is 3.76. The SMILES string of the molecule is Cc1ccc(-n2nc(C(=O)NCCC(C)N)c3c2CCC3)cc1. The number of fused-ring (bicyclic) bond motifs is 1. The zero-order valence-corrected chi connectivity index (χ0v) is 13.8. The first-order valence-electron chi connectivity index (χ1n) is 8.28. The molecule has 23 heavy (non-hydrogen) atoms. The third-order valence-corrected chi connectivity index (χ3v) is 4.31.